The van der Waals surface area contributed by atoms with Crippen molar-refractivity contribution in [3.8, 4) is 0 Å². The number of imidazole rings is 1. The first-order valence-electron chi connectivity index (χ1n) is 11.2. The number of carboxylic acid groups (broad SMARTS) is 1. The summed E-state index contributed by atoms with van der Waals surface area (Å²) in [5, 5.41) is 18.0. The van der Waals surface area contributed by atoms with Crippen LogP contribution in [0, 0.1) is 0 Å². The smallest absolute Gasteiger partial charge is 0.326 e. The SMILES string of the molecule is CC(NC(=O)C(N)Cc1cnc[nH]1)C(=O)NC(CS)C(=O)NC(Cc1c[nH]c2ccccc12)C(=O)O. The van der Waals surface area contributed by atoms with Gasteiger partial charge in [0.2, 0.25) is 17.7 Å². The van der Waals surface area contributed by atoms with Crippen molar-refractivity contribution in [3.63, 3.8) is 0 Å². The molecule has 0 aliphatic rings. The van der Waals surface area contributed by atoms with E-state index >= 15 is 0 Å². The summed E-state index contributed by atoms with van der Waals surface area (Å²) in [5.41, 5.74) is 8.13. The summed E-state index contributed by atoms with van der Waals surface area (Å²) in [6.07, 6.45) is 4.95. The lowest BCUT2D eigenvalue weighted by Crippen LogP contribution is -2.57. The van der Waals surface area contributed by atoms with Crippen LogP contribution in [-0.2, 0) is 32.0 Å². The predicted octanol–water partition coefficient (Wildman–Crippen LogP) is -0.508. The van der Waals surface area contributed by atoms with Crippen molar-refractivity contribution in [3.05, 3.63) is 54.2 Å². The standard InChI is InChI=1S/C23H29N7O5S/c1-12(28-21(32)16(24)7-14-9-25-11-27-14)20(31)30-19(10-36)22(33)29-18(23(34)35)6-13-8-26-17-5-3-2-4-15(13)17/h2-5,8-9,11-12,16,18-19,26,36H,6-7,10,24H2,1H3,(H,25,27)(H,28,32)(H,29,33)(H,30,31)(H,34,35). The minimum atomic E-state index is -1.23. The number of hydrogen-bond donors (Lipinski definition) is 8. The summed E-state index contributed by atoms with van der Waals surface area (Å²) in [5.74, 6) is -3.21. The molecule has 1 aromatic carbocycles. The summed E-state index contributed by atoms with van der Waals surface area (Å²) in [6, 6.07) is 3.16. The van der Waals surface area contributed by atoms with E-state index < -0.39 is 47.9 Å². The van der Waals surface area contributed by atoms with Gasteiger partial charge in [-0.2, -0.15) is 12.6 Å². The number of aromatic nitrogens is 3. The number of rotatable bonds is 12. The van der Waals surface area contributed by atoms with Gasteiger partial charge in [-0.15, -0.1) is 0 Å². The third-order valence-corrected chi connectivity index (χ3v) is 5.98. The molecule has 3 aromatic rings. The third kappa shape index (κ3) is 6.86. The molecule has 4 atom stereocenters. The van der Waals surface area contributed by atoms with Gasteiger partial charge in [0.1, 0.15) is 18.1 Å². The molecule has 3 rings (SSSR count). The Bertz CT molecular complexity index is 1210. The number of nitrogens with zero attached hydrogens (tertiary/aromatic N) is 1. The quantitative estimate of drug-likeness (QED) is 0.149. The van der Waals surface area contributed by atoms with Gasteiger partial charge in [-0.1, -0.05) is 18.2 Å². The highest BCUT2D eigenvalue weighted by Crippen LogP contribution is 2.19. The Morgan fingerprint density at radius 2 is 1.75 bits per heavy atom. The summed E-state index contributed by atoms with van der Waals surface area (Å²) >= 11 is 4.12. The van der Waals surface area contributed by atoms with Crippen LogP contribution in [0.5, 0.6) is 0 Å². The number of benzene rings is 1. The maximum absolute atomic E-state index is 12.8. The Labute approximate surface area is 212 Å². The molecule has 0 aliphatic carbocycles. The lowest BCUT2D eigenvalue weighted by atomic mass is 10.0. The topological polar surface area (TPSA) is 195 Å². The average molecular weight is 516 g/mol. The molecule has 13 heteroatoms. The molecule has 0 bridgehead atoms. The van der Waals surface area contributed by atoms with Crippen LogP contribution < -0.4 is 21.7 Å². The number of nitrogens with two attached hydrogens (primary N) is 1. The fraction of sp³-hybridized carbons (Fsp3) is 0.348. The van der Waals surface area contributed by atoms with Gasteiger partial charge >= 0.3 is 5.97 Å². The molecule has 2 aromatic heterocycles. The van der Waals surface area contributed by atoms with Gasteiger partial charge in [-0.05, 0) is 18.6 Å². The van der Waals surface area contributed by atoms with Crippen LogP contribution in [0.4, 0.5) is 0 Å². The molecule has 3 amide bonds. The van der Waals surface area contributed by atoms with Gasteiger partial charge < -0.3 is 36.8 Å². The first-order chi connectivity index (χ1) is 17.2. The van der Waals surface area contributed by atoms with Crippen molar-refractivity contribution in [1.29, 1.82) is 0 Å². The number of carbonyl (C=O) groups is 4. The van der Waals surface area contributed by atoms with Gasteiger partial charge in [-0.3, -0.25) is 14.4 Å². The van der Waals surface area contributed by atoms with Crippen LogP contribution in [0.2, 0.25) is 0 Å². The van der Waals surface area contributed by atoms with E-state index in [9.17, 15) is 24.3 Å². The minimum absolute atomic E-state index is 0.0407. The van der Waals surface area contributed by atoms with E-state index in [2.05, 4.69) is 43.5 Å². The molecular formula is C23H29N7O5S. The van der Waals surface area contributed by atoms with E-state index in [-0.39, 0.29) is 18.6 Å². The summed E-state index contributed by atoms with van der Waals surface area (Å²) in [7, 11) is 0. The van der Waals surface area contributed by atoms with Gasteiger partial charge in [0.05, 0.1) is 12.4 Å². The number of amides is 3. The van der Waals surface area contributed by atoms with Crippen LogP contribution in [-0.4, -0.2) is 73.7 Å². The number of aliphatic carboxylic acids is 1. The molecule has 192 valence electrons. The molecule has 12 nitrogen and oxygen atoms in total. The summed E-state index contributed by atoms with van der Waals surface area (Å²) in [4.78, 5) is 59.3. The number of para-hydroxylation sites is 1. The second-order valence-corrected chi connectivity index (χ2v) is 8.69. The average Bonchev–Trinajstić information content (AvgIpc) is 3.51. The molecule has 2 heterocycles. The number of hydrogen-bond acceptors (Lipinski definition) is 7. The Hall–Kier alpha value is -3.84. The molecule has 0 saturated carbocycles. The van der Waals surface area contributed by atoms with E-state index in [1.807, 2.05) is 24.3 Å². The van der Waals surface area contributed by atoms with Gasteiger partial charge in [0.25, 0.3) is 0 Å². The zero-order chi connectivity index (χ0) is 26.2. The predicted molar refractivity (Wildman–Crippen MR) is 135 cm³/mol. The van der Waals surface area contributed by atoms with Crippen molar-refractivity contribution >= 4 is 47.2 Å². The Morgan fingerprint density at radius 3 is 2.42 bits per heavy atom. The number of aromatic amines is 2. The van der Waals surface area contributed by atoms with E-state index in [1.165, 1.54) is 13.3 Å². The fourth-order valence-corrected chi connectivity index (χ4v) is 3.85. The monoisotopic (exact) mass is 515 g/mol. The highest BCUT2D eigenvalue weighted by Gasteiger charge is 2.28. The van der Waals surface area contributed by atoms with Crippen LogP contribution in [0.15, 0.2) is 43.0 Å². The maximum Gasteiger partial charge on any atom is 0.326 e. The zero-order valence-electron chi connectivity index (χ0n) is 19.5. The zero-order valence-corrected chi connectivity index (χ0v) is 20.4. The van der Waals surface area contributed by atoms with Crippen molar-refractivity contribution in [2.75, 3.05) is 5.75 Å². The first kappa shape index (κ1) is 26.8. The Balaban J connectivity index is 1.56. The molecule has 0 saturated heterocycles. The lowest BCUT2D eigenvalue weighted by Gasteiger charge is -2.22. The van der Waals surface area contributed by atoms with Crippen molar-refractivity contribution in [1.82, 2.24) is 30.9 Å². The molecular weight excluding hydrogens is 486 g/mol. The molecule has 4 unspecified atom stereocenters. The van der Waals surface area contributed by atoms with Crippen molar-refractivity contribution in [2.45, 2.75) is 43.9 Å². The van der Waals surface area contributed by atoms with Crippen LogP contribution in [0.25, 0.3) is 10.9 Å². The Morgan fingerprint density at radius 1 is 1.03 bits per heavy atom. The van der Waals surface area contributed by atoms with Crippen molar-refractivity contribution < 1.29 is 24.3 Å². The highest BCUT2D eigenvalue weighted by atomic mass is 32.1. The van der Waals surface area contributed by atoms with E-state index in [0.717, 1.165) is 16.5 Å². The third-order valence-electron chi connectivity index (χ3n) is 5.61. The van der Waals surface area contributed by atoms with Gasteiger partial charge in [0.15, 0.2) is 0 Å². The summed E-state index contributed by atoms with van der Waals surface area (Å²) in [6.45, 7) is 1.45. The van der Waals surface area contributed by atoms with Gasteiger partial charge in [0, 0.05) is 47.6 Å². The second-order valence-electron chi connectivity index (χ2n) is 8.32. The van der Waals surface area contributed by atoms with Crippen molar-refractivity contribution in [2.24, 2.45) is 5.73 Å². The van der Waals surface area contributed by atoms with Crippen LogP contribution >= 0.6 is 12.6 Å². The number of H-pyrrole nitrogens is 2. The van der Waals surface area contributed by atoms with Crippen LogP contribution in [0.1, 0.15) is 18.2 Å². The first-order valence-corrected chi connectivity index (χ1v) is 11.9. The number of carbonyl (C=O) groups excluding carboxylic acids is 3. The summed E-state index contributed by atoms with van der Waals surface area (Å²) < 4.78 is 0. The van der Waals surface area contributed by atoms with Crippen LogP contribution in [0.3, 0.4) is 0 Å². The molecule has 0 fully saturated rings. The van der Waals surface area contributed by atoms with E-state index in [1.54, 1.807) is 12.4 Å². The molecule has 36 heavy (non-hydrogen) atoms. The molecule has 0 spiro atoms. The number of thiol groups is 1. The number of fused-ring (bicyclic) bond motifs is 1. The number of carboxylic acids is 1. The molecule has 0 radical (unpaired) electrons. The number of nitrogens with one attached hydrogen (secondary N) is 5. The van der Waals surface area contributed by atoms with E-state index in [0.29, 0.717) is 5.69 Å². The lowest BCUT2D eigenvalue weighted by molar-refractivity contribution is -0.142. The molecule has 8 N–H and O–H groups in total. The second kappa shape index (κ2) is 12.2. The molecule has 0 aliphatic heterocycles. The normalized spacial score (nSPS) is 14.4. The van der Waals surface area contributed by atoms with E-state index in [4.69, 9.17) is 5.73 Å². The fourth-order valence-electron chi connectivity index (χ4n) is 3.60. The minimum Gasteiger partial charge on any atom is -0.480 e. The van der Waals surface area contributed by atoms with Gasteiger partial charge in [-0.25, -0.2) is 9.78 Å². The maximum atomic E-state index is 12.8. The largest absolute Gasteiger partial charge is 0.480 e. The highest BCUT2D eigenvalue weighted by molar-refractivity contribution is 7.80. The Kier molecular flexibility index (Phi) is 9.08.